The minimum absolute atomic E-state index is 0.153. The highest BCUT2D eigenvalue weighted by Gasteiger charge is 2.16. The predicted molar refractivity (Wildman–Crippen MR) is 107 cm³/mol. The number of carboxylic acid groups (broad SMARTS) is 1. The van der Waals surface area contributed by atoms with Gasteiger partial charge in [0.15, 0.2) is 0 Å². The van der Waals surface area contributed by atoms with E-state index in [0.29, 0.717) is 5.69 Å². The van der Waals surface area contributed by atoms with Gasteiger partial charge in [-0.15, -0.1) is 11.3 Å². The molecule has 1 heterocycles. The van der Waals surface area contributed by atoms with Crippen molar-refractivity contribution < 1.29 is 18.3 Å². The van der Waals surface area contributed by atoms with Crippen LogP contribution in [0.2, 0.25) is 0 Å². The number of nitrogens with one attached hydrogen (secondary N) is 1. The number of carbonyl (C=O) groups is 1. The van der Waals surface area contributed by atoms with Gasteiger partial charge in [0.25, 0.3) is 10.0 Å². The Balaban J connectivity index is 1.66. The number of hydrogen-bond donors (Lipinski definition) is 1. The first-order valence-electron chi connectivity index (χ1n) is 8.23. The molecular formula is C20H13N2O4S2-. The smallest absolute Gasteiger partial charge is 0.261 e. The maximum Gasteiger partial charge on any atom is 0.261 e. The van der Waals surface area contributed by atoms with E-state index in [9.17, 15) is 18.3 Å². The molecular weight excluding hydrogens is 396 g/mol. The van der Waals surface area contributed by atoms with Crippen molar-refractivity contribution in [2.75, 3.05) is 4.72 Å². The van der Waals surface area contributed by atoms with Crippen molar-refractivity contribution in [3.63, 3.8) is 0 Å². The minimum atomic E-state index is -3.95. The lowest BCUT2D eigenvalue weighted by Gasteiger charge is -2.10. The molecule has 0 radical (unpaired) electrons. The van der Waals surface area contributed by atoms with Gasteiger partial charge < -0.3 is 9.90 Å². The summed E-state index contributed by atoms with van der Waals surface area (Å²) in [7, 11) is -3.95. The number of aromatic nitrogens is 1. The highest BCUT2D eigenvalue weighted by molar-refractivity contribution is 7.92. The van der Waals surface area contributed by atoms with E-state index in [1.807, 2.05) is 30.3 Å². The second kappa shape index (κ2) is 7.06. The van der Waals surface area contributed by atoms with E-state index in [-0.39, 0.29) is 10.5 Å². The maximum absolute atomic E-state index is 12.6. The number of thiazole rings is 1. The van der Waals surface area contributed by atoms with Gasteiger partial charge in [-0.1, -0.05) is 36.4 Å². The Morgan fingerprint density at radius 2 is 1.75 bits per heavy atom. The molecule has 0 aliphatic carbocycles. The molecule has 28 heavy (non-hydrogen) atoms. The number of anilines is 1. The van der Waals surface area contributed by atoms with Crippen molar-refractivity contribution in [1.82, 2.24) is 4.98 Å². The lowest BCUT2D eigenvalue weighted by atomic mass is 10.2. The maximum atomic E-state index is 12.6. The van der Waals surface area contributed by atoms with Gasteiger partial charge in [-0.05, 0) is 42.0 Å². The van der Waals surface area contributed by atoms with E-state index >= 15 is 0 Å². The van der Waals surface area contributed by atoms with E-state index in [1.165, 1.54) is 29.5 Å². The Bertz CT molecular complexity index is 1260. The monoisotopic (exact) mass is 409 g/mol. The molecule has 0 aliphatic heterocycles. The summed E-state index contributed by atoms with van der Waals surface area (Å²) in [6.45, 7) is 0. The summed E-state index contributed by atoms with van der Waals surface area (Å²) in [6, 6.07) is 19.7. The Morgan fingerprint density at radius 1 is 0.964 bits per heavy atom. The predicted octanol–water partition coefficient (Wildman–Crippen LogP) is 3.13. The highest BCUT2D eigenvalue weighted by Crippen LogP contribution is 2.31. The standard InChI is InChI=1S/C20H14N2O4S2/c23-20(24)14-6-4-8-16(12-14)28(25,26)22-15-7-3-5-13(11-15)19-21-17-9-1-2-10-18(17)27-19/h1-12,22H,(H,23,24)/p-1. The average Bonchev–Trinajstić information content (AvgIpc) is 3.12. The molecule has 0 atom stereocenters. The zero-order valence-corrected chi connectivity index (χ0v) is 16.0. The molecule has 4 aromatic rings. The summed E-state index contributed by atoms with van der Waals surface area (Å²) in [5.74, 6) is -1.44. The topological polar surface area (TPSA) is 99.2 Å². The number of fused-ring (bicyclic) bond motifs is 1. The van der Waals surface area contributed by atoms with Crippen LogP contribution in [0.5, 0.6) is 0 Å². The number of carboxylic acids is 1. The van der Waals surface area contributed by atoms with Gasteiger partial charge in [-0.25, -0.2) is 13.4 Å². The molecule has 0 spiro atoms. The quantitative estimate of drug-likeness (QED) is 0.546. The largest absolute Gasteiger partial charge is 0.545 e. The molecule has 140 valence electrons. The summed E-state index contributed by atoms with van der Waals surface area (Å²) in [6.07, 6.45) is 0. The number of benzene rings is 3. The van der Waals surface area contributed by atoms with Crippen LogP contribution in [-0.4, -0.2) is 19.4 Å². The molecule has 1 aromatic heterocycles. The van der Waals surface area contributed by atoms with Gasteiger partial charge >= 0.3 is 0 Å². The van der Waals surface area contributed by atoms with Gasteiger partial charge in [0.1, 0.15) is 5.01 Å². The Morgan fingerprint density at radius 3 is 2.54 bits per heavy atom. The second-order valence-corrected chi connectivity index (χ2v) is 8.70. The van der Waals surface area contributed by atoms with Crippen LogP contribution in [-0.2, 0) is 10.0 Å². The number of carbonyl (C=O) groups excluding carboxylic acids is 1. The first kappa shape index (κ1) is 18.1. The molecule has 1 N–H and O–H groups in total. The minimum Gasteiger partial charge on any atom is -0.545 e. The zero-order valence-electron chi connectivity index (χ0n) is 14.3. The van der Waals surface area contributed by atoms with Gasteiger partial charge in [0.05, 0.1) is 21.1 Å². The number of sulfonamides is 1. The Kier molecular flexibility index (Phi) is 4.58. The number of hydrogen-bond acceptors (Lipinski definition) is 6. The fourth-order valence-electron chi connectivity index (χ4n) is 2.72. The van der Waals surface area contributed by atoms with Crippen molar-refractivity contribution in [3.05, 3.63) is 78.4 Å². The normalized spacial score (nSPS) is 11.4. The lowest BCUT2D eigenvalue weighted by molar-refractivity contribution is -0.255. The highest BCUT2D eigenvalue weighted by atomic mass is 32.2. The molecule has 4 rings (SSSR count). The van der Waals surface area contributed by atoms with Gasteiger partial charge in [0, 0.05) is 11.3 Å². The van der Waals surface area contributed by atoms with Crippen LogP contribution in [0.15, 0.2) is 77.7 Å². The van der Waals surface area contributed by atoms with E-state index in [0.717, 1.165) is 26.9 Å². The fourth-order valence-corrected chi connectivity index (χ4v) is 4.77. The number of para-hydroxylation sites is 1. The van der Waals surface area contributed by atoms with Crippen LogP contribution in [0.4, 0.5) is 5.69 Å². The van der Waals surface area contributed by atoms with Crippen molar-refractivity contribution in [1.29, 1.82) is 0 Å². The van der Waals surface area contributed by atoms with Gasteiger partial charge in [-0.3, -0.25) is 4.72 Å². The van der Waals surface area contributed by atoms with Crippen LogP contribution in [0.25, 0.3) is 20.8 Å². The van der Waals surface area contributed by atoms with Crippen LogP contribution < -0.4 is 9.83 Å². The molecule has 0 saturated heterocycles. The van der Waals surface area contributed by atoms with E-state index in [1.54, 1.807) is 18.2 Å². The third kappa shape index (κ3) is 3.60. The molecule has 6 nitrogen and oxygen atoms in total. The number of rotatable bonds is 5. The molecule has 0 unspecified atom stereocenters. The van der Waals surface area contributed by atoms with Crippen molar-refractivity contribution in [2.24, 2.45) is 0 Å². The first-order valence-corrected chi connectivity index (χ1v) is 10.5. The first-order chi connectivity index (χ1) is 13.4. The fraction of sp³-hybridized carbons (Fsp3) is 0. The third-order valence-corrected chi connectivity index (χ3v) is 6.50. The zero-order chi connectivity index (χ0) is 19.7. The van der Waals surface area contributed by atoms with Crippen LogP contribution >= 0.6 is 11.3 Å². The number of aromatic carboxylic acids is 1. The molecule has 8 heteroatoms. The van der Waals surface area contributed by atoms with E-state index in [2.05, 4.69) is 9.71 Å². The molecule has 0 aliphatic rings. The Hall–Kier alpha value is -3.23. The molecule has 0 fully saturated rings. The SMILES string of the molecule is O=C([O-])c1cccc(S(=O)(=O)Nc2cccc(-c3nc4ccccc4s3)c2)c1. The summed E-state index contributed by atoms with van der Waals surface area (Å²) >= 11 is 1.52. The van der Waals surface area contributed by atoms with Crippen LogP contribution in [0.3, 0.4) is 0 Å². The van der Waals surface area contributed by atoms with Crippen LogP contribution in [0, 0.1) is 0 Å². The molecule has 3 aromatic carbocycles. The van der Waals surface area contributed by atoms with E-state index in [4.69, 9.17) is 0 Å². The summed E-state index contributed by atoms with van der Waals surface area (Å²) < 4.78 is 28.8. The van der Waals surface area contributed by atoms with Crippen molar-refractivity contribution in [3.8, 4) is 10.6 Å². The van der Waals surface area contributed by atoms with Gasteiger partial charge in [0.2, 0.25) is 0 Å². The number of nitrogens with zero attached hydrogens (tertiary/aromatic N) is 1. The molecule has 0 amide bonds. The van der Waals surface area contributed by atoms with Crippen LogP contribution in [0.1, 0.15) is 10.4 Å². The van der Waals surface area contributed by atoms with Crippen molar-refractivity contribution >= 4 is 43.2 Å². The second-order valence-electron chi connectivity index (χ2n) is 5.99. The molecule has 0 bridgehead atoms. The molecule has 0 saturated carbocycles. The summed E-state index contributed by atoms with van der Waals surface area (Å²) in [5.41, 5.74) is 1.82. The summed E-state index contributed by atoms with van der Waals surface area (Å²) in [4.78, 5) is 15.4. The Labute approximate surface area is 165 Å². The average molecular weight is 409 g/mol. The van der Waals surface area contributed by atoms with Gasteiger partial charge in [-0.2, -0.15) is 0 Å². The van der Waals surface area contributed by atoms with Crippen molar-refractivity contribution in [2.45, 2.75) is 4.90 Å². The third-order valence-electron chi connectivity index (χ3n) is 4.04. The lowest BCUT2D eigenvalue weighted by Crippen LogP contribution is -2.23. The summed E-state index contributed by atoms with van der Waals surface area (Å²) in [5, 5.41) is 11.8. The van der Waals surface area contributed by atoms with E-state index < -0.39 is 16.0 Å².